The molecule has 0 bridgehead atoms. The zero-order valence-corrected chi connectivity index (χ0v) is 17.3. The fraction of sp³-hybridized carbons (Fsp3) is 0.348. The number of aliphatic carboxylic acids is 1. The maximum Gasteiger partial charge on any atom is 0.407 e. The van der Waals surface area contributed by atoms with Crippen LogP contribution in [0, 0.1) is 0 Å². The van der Waals surface area contributed by atoms with Gasteiger partial charge in [0.25, 0.3) is 0 Å². The van der Waals surface area contributed by atoms with Crippen LogP contribution in [0.2, 0.25) is 0 Å². The van der Waals surface area contributed by atoms with E-state index in [1.165, 1.54) is 4.90 Å². The van der Waals surface area contributed by atoms with Gasteiger partial charge in [-0.3, -0.25) is 4.79 Å². The summed E-state index contributed by atoms with van der Waals surface area (Å²) in [5, 5.41) is 21.0. The minimum Gasteiger partial charge on any atom is -0.479 e. The highest BCUT2D eigenvalue weighted by atomic mass is 16.5. The van der Waals surface area contributed by atoms with Crippen molar-refractivity contribution >= 4 is 18.0 Å². The van der Waals surface area contributed by atoms with Crippen LogP contribution in [-0.4, -0.2) is 78.1 Å². The lowest BCUT2D eigenvalue weighted by Crippen LogP contribution is -2.67. The van der Waals surface area contributed by atoms with Crippen LogP contribution in [0.25, 0.3) is 11.1 Å². The van der Waals surface area contributed by atoms with Gasteiger partial charge in [0.2, 0.25) is 5.91 Å². The summed E-state index contributed by atoms with van der Waals surface area (Å²) in [6.45, 7) is -0.330. The van der Waals surface area contributed by atoms with Crippen molar-refractivity contribution in [2.45, 2.75) is 11.5 Å². The Morgan fingerprint density at radius 3 is 2.22 bits per heavy atom. The van der Waals surface area contributed by atoms with E-state index in [4.69, 9.17) is 14.6 Å². The summed E-state index contributed by atoms with van der Waals surface area (Å²) in [6.07, 6.45) is -0.573. The summed E-state index contributed by atoms with van der Waals surface area (Å²) < 4.78 is 10.6. The fourth-order valence-corrected chi connectivity index (χ4v) is 4.02. The summed E-state index contributed by atoms with van der Waals surface area (Å²) in [6, 6.07) is 16.1. The summed E-state index contributed by atoms with van der Waals surface area (Å²) in [7, 11) is 0. The molecule has 2 aliphatic rings. The number of hydrogen-bond acceptors (Lipinski definition) is 6. The average molecular weight is 440 g/mol. The van der Waals surface area contributed by atoms with Gasteiger partial charge in [0.05, 0.1) is 19.7 Å². The highest BCUT2D eigenvalue weighted by molar-refractivity contribution is 5.85. The summed E-state index contributed by atoms with van der Waals surface area (Å²) >= 11 is 0. The monoisotopic (exact) mass is 440 g/mol. The Kier molecular flexibility index (Phi) is 6.11. The van der Waals surface area contributed by atoms with Crippen molar-refractivity contribution in [1.29, 1.82) is 0 Å². The van der Waals surface area contributed by atoms with E-state index in [1.807, 2.05) is 36.4 Å². The molecule has 1 aliphatic heterocycles. The van der Waals surface area contributed by atoms with E-state index in [0.29, 0.717) is 0 Å². The molecule has 9 nitrogen and oxygen atoms in total. The molecule has 2 amide bonds. The molecule has 1 saturated heterocycles. The molecule has 1 fully saturated rings. The molecule has 4 rings (SSSR count). The van der Waals surface area contributed by atoms with Crippen molar-refractivity contribution in [3.8, 4) is 11.1 Å². The SMILES string of the molecule is O=C(NCCOCC(=O)N1CC(O)(C(=O)O)C1)OCC1c2ccccc2-c2ccccc21. The van der Waals surface area contributed by atoms with Gasteiger partial charge in [0, 0.05) is 12.5 Å². The first kappa shape index (κ1) is 21.8. The normalized spacial score (nSPS) is 16.0. The molecule has 0 radical (unpaired) electrons. The van der Waals surface area contributed by atoms with Crippen molar-refractivity contribution in [2.24, 2.45) is 0 Å². The second-order valence-electron chi connectivity index (χ2n) is 7.89. The molecule has 2 aromatic rings. The van der Waals surface area contributed by atoms with Crippen LogP contribution in [0.15, 0.2) is 48.5 Å². The zero-order valence-electron chi connectivity index (χ0n) is 17.3. The van der Waals surface area contributed by atoms with E-state index in [1.54, 1.807) is 0 Å². The van der Waals surface area contributed by atoms with Gasteiger partial charge in [-0.05, 0) is 22.3 Å². The number of carboxylic acid groups (broad SMARTS) is 1. The number of carbonyl (C=O) groups is 3. The molecular weight excluding hydrogens is 416 g/mol. The molecule has 9 heteroatoms. The molecule has 2 aromatic carbocycles. The number of likely N-dealkylation sites (tertiary alicyclic amines) is 1. The maximum absolute atomic E-state index is 12.1. The number of nitrogens with zero attached hydrogens (tertiary/aromatic N) is 1. The summed E-state index contributed by atoms with van der Waals surface area (Å²) in [5.74, 6) is -1.80. The van der Waals surface area contributed by atoms with E-state index < -0.39 is 23.6 Å². The van der Waals surface area contributed by atoms with E-state index in [0.717, 1.165) is 22.3 Å². The zero-order chi connectivity index (χ0) is 22.7. The molecular formula is C23H24N2O7. The van der Waals surface area contributed by atoms with Gasteiger partial charge in [0.15, 0.2) is 5.60 Å². The molecule has 3 N–H and O–H groups in total. The Bertz CT molecular complexity index is 987. The lowest BCUT2D eigenvalue weighted by atomic mass is 9.94. The largest absolute Gasteiger partial charge is 0.479 e. The molecule has 1 aliphatic carbocycles. The molecule has 0 aromatic heterocycles. The number of benzene rings is 2. The molecule has 0 atom stereocenters. The standard InChI is InChI=1S/C23H24N2O7/c26-20(25-13-23(30,14-25)21(27)28)12-31-10-9-24-22(29)32-11-19-17-7-3-1-5-15(17)16-6-2-4-8-18(16)19/h1-8,19,30H,9-14H2,(H,24,29)(H,27,28). The number of β-amino-alcohol motifs (C(OH)–C–C–N with tert-alkyl or cyclic N) is 1. The number of carbonyl (C=O) groups excluding carboxylic acids is 2. The molecule has 0 saturated carbocycles. The van der Waals surface area contributed by atoms with E-state index >= 15 is 0 Å². The van der Waals surface area contributed by atoms with E-state index in [9.17, 15) is 19.5 Å². The predicted molar refractivity (Wildman–Crippen MR) is 113 cm³/mol. The van der Waals surface area contributed by atoms with Crippen molar-refractivity contribution in [3.63, 3.8) is 0 Å². The van der Waals surface area contributed by atoms with Crippen LogP contribution in [0.3, 0.4) is 0 Å². The minimum absolute atomic E-state index is 0.0250. The predicted octanol–water partition coefficient (Wildman–Crippen LogP) is 1.20. The molecule has 0 spiro atoms. The Hall–Kier alpha value is -3.43. The lowest BCUT2D eigenvalue weighted by Gasteiger charge is -2.43. The van der Waals surface area contributed by atoms with Gasteiger partial charge in [-0.15, -0.1) is 0 Å². The van der Waals surface area contributed by atoms with Crippen molar-refractivity contribution in [1.82, 2.24) is 10.2 Å². The van der Waals surface area contributed by atoms with Crippen LogP contribution >= 0.6 is 0 Å². The highest BCUT2D eigenvalue weighted by Crippen LogP contribution is 2.44. The van der Waals surface area contributed by atoms with E-state index in [-0.39, 0.29) is 45.4 Å². The van der Waals surface area contributed by atoms with Crippen LogP contribution < -0.4 is 5.32 Å². The summed E-state index contributed by atoms with van der Waals surface area (Å²) in [5.41, 5.74) is 2.69. The highest BCUT2D eigenvalue weighted by Gasteiger charge is 2.49. The third-order valence-corrected chi connectivity index (χ3v) is 5.74. The number of fused-ring (bicyclic) bond motifs is 3. The van der Waals surface area contributed by atoms with Crippen LogP contribution in [0.5, 0.6) is 0 Å². The van der Waals surface area contributed by atoms with E-state index in [2.05, 4.69) is 17.4 Å². The number of amides is 2. The number of aliphatic hydroxyl groups is 1. The van der Waals surface area contributed by atoms with Crippen LogP contribution in [0.4, 0.5) is 4.79 Å². The lowest BCUT2D eigenvalue weighted by molar-refractivity contribution is -0.183. The van der Waals surface area contributed by atoms with Crippen LogP contribution in [0.1, 0.15) is 17.0 Å². The molecule has 1 heterocycles. The second-order valence-corrected chi connectivity index (χ2v) is 7.89. The Morgan fingerprint density at radius 2 is 1.62 bits per heavy atom. The second kappa shape index (κ2) is 8.97. The molecule has 0 unspecified atom stereocenters. The number of rotatable bonds is 8. The van der Waals surface area contributed by atoms with Gasteiger partial charge >= 0.3 is 12.1 Å². The van der Waals surface area contributed by atoms with Crippen LogP contribution in [-0.2, 0) is 19.1 Å². The Morgan fingerprint density at radius 1 is 1.03 bits per heavy atom. The maximum atomic E-state index is 12.1. The van der Waals surface area contributed by atoms with Crippen molar-refractivity contribution in [2.75, 3.05) is 39.5 Å². The Labute approximate surface area is 184 Å². The molecule has 168 valence electrons. The third kappa shape index (κ3) is 4.30. The first-order valence-electron chi connectivity index (χ1n) is 10.3. The van der Waals surface area contributed by atoms with Gasteiger partial charge in [0.1, 0.15) is 13.2 Å². The number of alkyl carbamates (subject to hydrolysis) is 1. The summed E-state index contributed by atoms with van der Waals surface area (Å²) in [4.78, 5) is 36.0. The van der Waals surface area contributed by atoms with Gasteiger partial charge in [-0.2, -0.15) is 0 Å². The number of ether oxygens (including phenoxy) is 2. The quantitative estimate of drug-likeness (QED) is 0.527. The van der Waals surface area contributed by atoms with Gasteiger partial charge < -0.3 is 29.9 Å². The Balaban J connectivity index is 1.16. The van der Waals surface area contributed by atoms with Gasteiger partial charge in [-0.1, -0.05) is 48.5 Å². The number of hydrogen-bond donors (Lipinski definition) is 3. The average Bonchev–Trinajstić information content (AvgIpc) is 3.08. The van der Waals surface area contributed by atoms with Crippen molar-refractivity contribution in [3.05, 3.63) is 59.7 Å². The third-order valence-electron chi connectivity index (χ3n) is 5.74. The smallest absolute Gasteiger partial charge is 0.407 e. The number of carboxylic acids is 1. The van der Waals surface area contributed by atoms with Gasteiger partial charge in [-0.25, -0.2) is 9.59 Å². The fourth-order valence-electron chi connectivity index (χ4n) is 4.02. The minimum atomic E-state index is -1.87. The topological polar surface area (TPSA) is 125 Å². The first-order valence-corrected chi connectivity index (χ1v) is 10.3. The number of nitrogens with one attached hydrogen (secondary N) is 1. The first-order chi connectivity index (χ1) is 15.4. The van der Waals surface area contributed by atoms with Crippen molar-refractivity contribution < 1.29 is 34.1 Å². The molecule has 32 heavy (non-hydrogen) atoms.